The lowest BCUT2D eigenvalue weighted by molar-refractivity contribution is -0.138. The third-order valence-corrected chi connectivity index (χ3v) is 4.08. The van der Waals surface area contributed by atoms with Crippen molar-refractivity contribution < 1.29 is 23.7 Å². The molecule has 0 rings (SSSR count). The van der Waals surface area contributed by atoms with Crippen LogP contribution >= 0.6 is 0 Å². The minimum Gasteiger partial charge on any atom is -0.481 e. The molecule has 3 unspecified atom stereocenters. The number of hydrogen-bond donors (Lipinski definition) is 3. The van der Waals surface area contributed by atoms with Crippen LogP contribution in [0.2, 0.25) is 0 Å². The van der Waals surface area contributed by atoms with Gasteiger partial charge in [0, 0.05) is 41.7 Å². The molecule has 0 aromatic heterocycles. The predicted octanol–water partition coefficient (Wildman–Crippen LogP) is 0.470. The van der Waals surface area contributed by atoms with Crippen molar-refractivity contribution in [1.82, 2.24) is 10.6 Å². The van der Waals surface area contributed by atoms with Gasteiger partial charge in [-0.1, -0.05) is 13.8 Å². The monoisotopic (exact) mass is 306 g/mol. The average molecular weight is 306 g/mol. The number of carbonyl (C=O) groups is 3. The van der Waals surface area contributed by atoms with Crippen molar-refractivity contribution in [3.05, 3.63) is 0 Å². The van der Waals surface area contributed by atoms with Crippen LogP contribution in [0.15, 0.2) is 0 Å². The van der Waals surface area contributed by atoms with Crippen LogP contribution in [-0.4, -0.2) is 45.3 Å². The number of rotatable bonds is 8. The second-order valence-corrected chi connectivity index (χ2v) is 6.61. The van der Waals surface area contributed by atoms with Gasteiger partial charge in [0.15, 0.2) is 0 Å². The van der Waals surface area contributed by atoms with Crippen molar-refractivity contribution >= 4 is 28.7 Å². The molecular weight excluding hydrogens is 284 g/mol. The van der Waals surface area contributed by atoms with E-state index in [2.05, 4.69) is 10.6 Å². The molecule has 0 heterocycles. The molecule has 0 fully saturated rings. The first-order valence-corrected chi connectivity index (χ1v) is 7.96. The van der Waals surface area contributed by atoms with E-state index < -0.39 is 28.7 Å². The molecule has 0 aliphatic rings. The molecule has 0 radical (unpaired) electrons. The van der Waals surface area contributed by atoms with Crippen molar-refractivity contribution in [1.29, 1.82) is 0 Å². The predicted molar refractivity (Wildman–Crippen MR) is 75.7 cm³/mol. The summed E-state index contributed by atoms with van der Waals surface area (Å²) in [7, 11) is -0.944. The Kier molecular flexibility index (Phi) is 8.78. The molecule has 0 aromatic rings. The van der Waals surface area contributed by atoms with Gasteiger partial charge in [-0.05, 0) is 12.3 Å². The normalized spacial score (nSPS) is 14.9. The highest BCUT2D eigenvalue weighted by atomic mass is 32.2. The van der Waals surface area contributed by atoms with Gasteiger partial charge in [-0.2, -0.15) is 0 Å². The third-order valence-electron chi connectivity index (χ3n) is 2.71. The number of aliphatic carboxylic acids is 1. The van der Waals surface area contributed by atoms with Gasteiger partial charge < -0.3 is 10.4 Å². The van der Waals surface area contributed by atoms with Crippen LogP contribution in [0.5, 0.6) is 0 Å². The van der Waals surface area contributed by atoms with Crippen LogP contribution in [0.3, 0.4) is 0 Å². The van der Waals surface area contributed by atoms with Gasteiger partial charge in [0.1, 0.15) is 0 Å². The Hall–Kier alpha value is -1.44. The number of nitrogens with one attached hydrogen (secondary N) is 2. The molecule has 20 heavy (non-hydrogen) atoms. The first kappa shape index (κ1) is 18.6. The molecule has 0 saturated heterocycles. The highest BCUT2D eigenvalue weighted by molar-refractivity contribution is 7.84. The number of carbonyl (C=O) groups excluding carboxylic acids is 2. The average Bonchev–Trinajstić information content (AvgIpc) is 2.26. The Morgan fingerprint density at radius 1 is 1.20 bits per heavy atom. The zero-order valence-corrected chi connectivity index (χ0v) is 12.8. The third kappa shape index (κ3) is 9.48. The number of carboxylic acids is 1. The van der Waals surface area contributed by atoms with Gasteiger partial charge in [0.25, 0.3) is 0 Å². The van der Waals surface area contributed by atoms with Crippen LogP contribution in [-0.2, 0) is 20.4 Å². The number of imide groups is 1. The maximum absolute atomic E-state index is 11.4. The van der Waals surface area contributed by atoms with E-state index in [4.69, 9.17) is 5.11 Å². The maximum atomic E-state index is 11.4. The van der Waals surface area contributed by atoms with E-state index in [9.17, 15) is 18.6 Å². The molecule has 7 nitrogen and oxygen atoms in total. The van der Waals surface area contributed by atoms with Crippen molar-refractivity contribution in [3.63, 3.8) is 0 Å². The highest BCUT2D eigenvalue weighted by Gasteiger charge is 2.14. The summed E-state index contributed by atoms with van der Waals surface area (Å²) in [4.78, 5) is 33.2. The summed E-state index contributed by atoms with van der Waals surface area (Å²) in [5, 5.41) is 13.2. The molecule has 0 saturated carbocycles. The summed E-state index contributed by atoms with van der Waals surface area (Å²) < 4.78 is 11.1. The number of carboxylic acid groups (broad SMARTS) is 1. The van der Waals surface area contributed by atoms with Gasteiger partial charge in [-0.3, -0.25) is 19.1 Å². The largest absolute Gasteiger partial charge is 0.481 e. The molecule has 3 amide bonds. The van der Waals surface area contributed by atoms with Gasteiger partial charge in [-0.25, -0.2) is 4.79 Å². The number of hydrogen-bond acceptors (Lipinski definition) is 4. The maximum Gasteiger partial charge on any atom is 0.321 e. The summed E-state index contributed by atoms with van der Waals surface area (Å²) in [6.45, 7) is 3.77. The Morgan fingerprint density at radius 3 is 2.30 bits per heavy atom. The molecule has 0 aromatic carbocycles. The number of urea groups is 1. The van der Waals surface area contributed by atoms with Crippen molar-refractivity contribution in [2.24, 2.45) is 5.92 Å². The van der Waals surface area contributed by atoms with Crippen LogP contribution in [0.4, 0.5) is 4.79 Å². The minimum atomic E-state index is -0.976. The van der Waals surface area contributed by atoms with Crippen molar-refractivity contribution in [2.75, 3.05) is 12.8 Å². The second-order valence-electron chi connectivity index (χ2n) is 4.81. The molecule has 0 spiro atoms. The lowest BCUT2D eigenvalue weighted by atomic mass is 10.0. The molecule has 3 atom stereocenters. The van der Waals surface area contributed by atoms with E-state index in [-0.39, 0.29) is 24.0 Å². The van der Waals surface area contributed by atoms with Crippen LogP contribution < -0.4 is 10.6 Å². The lowest BCUT2D eigenvalue weighted by Crippen LogP contribution is -2.41. The van der Waals surface area contributed by atoms with Gasteiger partial charge >= 0.3 is 12.0 Å². The minimum absolute atomic E-state index is 0.0188. The fourth-order valence-corrected chi connectivity index (χ4v) is 1.91. The molecule has 116 valence electrons. The van der Waals surface area contributed by atoms with Crippen molar-refractivity contribution in [3.8, 4) is 0 Å². The van der Waals surface area contributed by atoms with E-state index in [0.717, 1.165) is 0 Å². The Morgan fingerprint density at radius 2 is 1.80 bits per heavy atom. The Labute approximate surface area is 121 Å². The second kappa shape index (κ2) is 9.46. The van der Waals surface area contributed by atoms with Gasteiger partial charge in [0.05, 0.1) is 0 Å². The highest BCUT2D eigenvalue weighted by Crippen LogP contribution is 2.06. The fourth-order valence-electron chi connectivity index (χ4n) is 1.46. The quantitative estimate of drug-likeness (QED) is 0.603. The smallest absolute Gasteiger partial charge is 0.321 e. The summed E-state index contributed by atoms with van der Waals surface area (Å²) in [5.74, 6) is -1.82. The molecular formula is C12H22N2O5S. The van der Waals surface area contributed by atoms with Crippen LogP contribution in [0, 0.1) is 5.92 Å². The summed E-state index contributed by atoms with van der Waals surface area (Å²) in [6.07, 6.45) is 2.02. The Balaban J connectivity index is 3.88. The molecule has 0 bridgehead atoms. The fraction of sp³-hybridized carbons (Fsp3) is 0.750. The van der Waals surface area contributed by atoms with Crippen LogP contribution in [0.1, 0.15) is 33.1 Å². The van der Waals surface area contributed by atoms with E-state index in [1.165, 1.54) is 0 Å². The number of amides is 3. The molecule has 8 heteroatoms. The van der Waals surface area contributed by atoms with E-state index in [1.807, 2.05) is 6.92 Å². The van der Waals surface area contributed by atoms with Crippen LogP contribution in [0.25, 0.3) is 0 Å². The standard InChI is InChI=1S/C12H22N2O5S/c1-8(7-11(16)17)6-10(15)14-12(18)13-5-4-9(2)20(3)19/h8-9H,4-7H2,1-3H3,(H,16,17)(H2,13,14,15,18). The first-order valence-electron chi connectivity index (χ1n) is 6.34. The van der Waals surface area contributed by atoms with E-state index in [1.54, 1.807) is 13.2 Å². The molecule has 0 aliphatic heterocycles. The van der Waals surface area contributed by atoms with E-state index in [0.29, 0.717) is 13.0 Å². The summed E-state index contributed by atoms with van der Waals surface area (Å²) in [6, 6.07) is -0.619. The van der Waals surface area contributed by atoms with Crippen molar-refractivity contribution in [2.45, 2.75) is 38.4 Å². The zero-order valence-electron chi connectivity index (χ0n) is 12.0. The Bertz CT molecular complexity index is 386. The van der Waals surface area contributed by atoms with Gasteiger partial charge in [-0.15, -0.1) is 0 Å². The zero-order chi connectivity index (χ0) is 15.7. The molecule has 0 aliphatic carbocycles. The van der Waals surface area contributed by atoms with E-state index >= 15 is 0 Å². The lowest BCUT2D eigenvalue weighted by Gasteiger charge is -2.11. The van der Waals surface area contributed by atoms with Gasteiger partial charge in [0.2, 0.25) is 5.91 Å². The first-order chi connectivity index (χ1) is 9.22. The summed E-state index contributed by atoms with van der Waals surface area (Å²) in [5.41, 5.74) is 0. The topological polar surface area (TPSA) is 113 Å². The SMILES string of the molecule is CC(CC(=O)O)CC(=O)NC(=O)NCCC(C)S(C)=O. The summed E-state index contributed by atoms with van der Waals surface area (Å²) >= 11 is 0. The molecule has 3 N–H and O–H groups in total.